The van der Waals surface area contributed by atoms with Gasteiger partial charge < -0.3 is 0 Å². The fourth-order valence-electron chi connectivity index (χ4n) is 0.935. The SMILES string of the molecule is CC(=O)c1ncc(C)cc1C#N. The van der Waals surface area contributed by atoms with Crippen molar-refractivity contribution in [3.05, 3.63) is 29.1 Å². The fraction of sp³-hybridized carbons (Fsp3) is 0.222. The zero-order valence-corrected chi connectivity index (χ0v) is 6.96. The molecule has 0 unspecified atom stereocenters. The van der Waals surface area contributed by atoms with Crippen molar-refractivity contribution in [2.24, 2.45) is 0 Å². The molecule has 0 fully saturated rings. The van der Waals surface area contributed by atoms with Crippen LogP contribution in [0.3, 0.4) is 0 Å². The van der Waals surface area contributed by atoms with E-state index in [-0.39, 0.29) is 11.5 Å². The number of rotatable bonds is 1. The first kappa shape index (κ1) is 8.41. The van der Waals surface area contributed by atoms with Gasteiger partial charge in [0.05, 0.1) is 5.56 Å². The molecule has 0 aromatic carbocycles. The van der Waals surface area contributed by atoms with Gasteiger partial charge in [0.25, 0.3) is 0 Å². The second-order valence-electron chi connectivity index (χ2n) is 2.58. The molecule has 0 aliphatic rings. The van der Waals surface area contributed by atoms with Gasteiger partial charge in [-0.15, -0.1) is 0 Å². The minimum Gasteiger partial charge on any atom is -0.293 e. The summed E-state index contributed by atoms with van der Waals surface area (Å²) >= 11 is 0. The lowest BCUT2D eigenvalue weighted by Crippen LogP contribution is -2.00. The van der Waals surface area contributed by atoms with E-state index in [1.165, 1.54) is 6.92 Å². The highest BCUT2D eigenvalue weighted by Crippen LogP contribution is 2.07. The summed E-state index contributed by atoms with van der Waals surface area (Å²) in [6, 6.07) is 3.59. The van der Waals surface area contributed by atoms with Gasteiger partial charge >= 0.3 is 0 Å². The molecule has 0 saturated heterocycles. The van der Waals surface area contributed by atoms with Crippen LogP contribution in [0.25, 0.3) is 0 Å². The highest BCUT2D eigenvalue weighted by atomic mass is 16.1. The van der Waals surface area contributed by atoms with Crippen molar-refractivity contribution in [1.82, 2.24) is 4.98 Å². The number of nitrogens with zero attached hydrogens (tertiary/aromatic N) is 2. The van der Waals surface area contributed by atoms with Crippen LogP contribution in [-0.4, -0.2) is 10.8 Å². The second-order valence-corrected chi connectivity index (χ2v) is 2.58. The molecule has 0 N–H and O–H groups in total. The van der Waals surface area contributed by atoms with Crippen LogP contribution >= 0.6 is 0 Å². The Bertz CT molecular complexity index is 363. The van der Waals surface area contributed by atoms with Gasteiger partial charge in [0.2, 0.25) is 0 Å². The molecular formula is C9H8N2O. The molecule has 0 radical (unpaired) electrons. The first-order valence-electron chi connectivity index (χ1n) is 3.53. The van der Waals surface area contributed by atoms with Crippen molar-refractivity contribution in [1.29, 1.82) is 5.26 Å². The van der Waals surface area contributed by atoms with Gasteiger partial charge in [-0.3, -0.25) is 9.78 Å². The molecule has 0 spiro atoms. The van der Waals surface area contributed by atoms with E-state index in [0.717, 1.165) is 5.56 Å². The number of Topliss-reactive ketones (excluding diaryl/α,β-unsaturated/α-hetero) is 1. The molecule has 60 valence electrons. The Balaban J connectivity index is 3.32. The van der Waals surface area contributed by atoms with E-state index < -0.39 is 0 Å². The lowest BCUT2D eigenvalue weighted by atomic mass is 10.1. The van der Waals surface area contributed by atoms with Crippen molar-refractivity contribution >= 4 is 5.78 Å². The Morgan fingerprint density at radius 1 is 1.67 bits per heavy atom. The third-order valence-electron chi connectivity index (χ3n) is 1.48. The second kappa shape index (κ2) is 3.14. The molecule has 1 aromatic heterocycles. The third kappa shape index (κ3) is 1.48. The summed E-state index contributed by atoms with van der Waals surface area (Å²) in [5.74, 6) is -0.174. The van der Waals surface area contributed by atoms with Gasteiger partial charge in [0.1, 0.15) is 11.8 Å². The summed E-state index contributed by atoms with van der Waals surface area (Å²) in [5.41, 5.74) is 1.49. The average molecular weight is 160 g/mol. The zero-order chi connectivity index (χ0) is 9.14. The summed E-state index contributed by atoms with van der Waals surface area (Å²) in [4.78, 5) is 14.8. The smallest absolute Gasteiger partial charge is 0.179 e. The Kier molecular flexibility index (Phi) is 2.20. The number of hydrogen-bond donors (Lipinski definition) is 0. The number of nitriles is 1. The number of ketones is 1. The third-order valence-corrected chi connectivity index (χ3v) is 1.48. The fourth-order valence-corrected chi connectivity index (χ4v) is 0.935. The van der Waals surface area contributed by atoms with Crippen LogP contribution in [0.2, 0.25) is 0 Å². The largest absolute Gasteiger partial charge is 0.293 e. The molecule has 3 heteroatoms. The van der Waals surface area contributed by atoms with E-state index in [1.807, 2.05) is 13.0 Å². The molecule has 0 aliphatic carbocycles. The van der Waals surface area contributed by atoms with Crippen LogP contribution < -0.4 is 0 Å². The van der Waals surface area contributed by atoms with Crippen molar-refractivity contribution in [2.75, 3.05) is 0 Å². The Morgan fingerprint density at radius 2 is 2.33 bits per heavy atom. The molecular weight excluding hydrogens is 152 g/mol. The molecule has 1 rings (SSSR count). The Morgan fingerprint density at radius 3 is 2.83 bits per heavy atom. The van der Waals surface area contributed by atoms with Crippen LogP contribution in [0.5, 0.6) is 0 Å². The molecule has 12 heavy (non-hydrogen) atoms. The van der Waals surface area contributed by atoms with E-state index in [2.05, 4.69) is 4.98 Å². The first-order valence-corrected chi connectivity index (χ1v) is 3.53. The highest BCUT2D eigenvalue weighted by molar-refractivity contribution is 5.94. The molecule has 3 nitrogen and oxygen atoms in total. The van der Waals surface area contributed by atoms with Gasteiger partial charge in [-0.2, -0.15) is 5.26 Å². The van der Waals surface area contributed by atoms with Crippen molar-refractivity contribution < 1.29 is 4.79 Å². The quantitative estimate of drug-likeness (QED) is 0.584. The van der Waals surface area contributed by atoms with Crippen molar-refractivity contribution in [2.45, 2.75) is 13.8 Å². The van der Waals surface area contributed by atoms with Crippen LogP contribution in [0.1, 0.15) is 28.5 Å². The number of carbonyl (C=O) groups excluding carboxylic acids is 1. The van der Waals surface area contributed by atoms with Crippen molar-refractivity contribution in [3.63, 3.8) is 0 Å². The van der Waals surface area contributed by atoms with E-state index in [0.29, 0.717) is 5.56 Å². The van der Waals surface area contributed by atoms with Crippen LogP contribution in [0.15, 0.2) is 12.3 Å². The molecule has 0 amide bonds. The maximum absolute atomic E-state index is 10.9. The van der Waals surface area contributed by atoms with E-state index in [4.69, 9.17) is 5.26 Å². The van der Waals surface area contributed by atoms with E-state index in [9.17, 15) is 4.79 Å². The van der Waals surface area contributed by atoms with Gasteiger partial charge in [-0.05, 0) is 18.6 Å². The lowest BCUT2D eigenvalue weighted by Gasteiger charge is -1.98. The standard InChI is InChI=1S/C9H8N2O/c1-6-3-8(4-10)9(7(2)12)11-5-6/h3,5H,1-2H3. The number of aromatic nitrogens is 1. The molecule has 0 aliphatic heterocycles. The van der Waals surface area contributed by atoms with Crippen molar-refractivity contribution in [3.8, 4) is 6.07 Å². The zero-order valence-electron chi connectivity index (χ0n) is 6.96. The Labute approximate surface area is 70.7 Å². The average Bonchev–Trinajstić information content (AvgIpc) is 2.03. The lowest BCUT2D eigenvalue weighted by molar-refractivity contribution is 0.101. The van der Waals surface area contributed by atoms with Gasteiger partial charge in [0.15, 0.2) is 5.78 Å². The molecule has 1 aromatic rings. The highest BCUT2D eigenvalue weighted by Gasteiger charge is 2.07. The van der Waals surface area contributed by atoms with Gasteiger partial charge in [0, 0.05) is 13.1 Å². The minimum atomic E-state index is -0.174. The molecule has 0 bridgehead atoms. The molecule has 1 heterocycles. The van der Waals surface area contributed by atoms with Crippen LogP contribution in [0, 0.1) is 18.3 Å². The Hall–Kier alpha value is -1.69. The predicted molar refractivity (Wildman–Crippen MR) is 43.7 cm³/mol. The van der Waals surface area contributed by atoms with Gasteiger partial charge in [-0.1, -0.05) is 0 Å². The normalized spacial score (nSPS) is 9.08. The summed E-state index contributed by atoms with van der Waals surface area (Å²) in [6.07, 6.45) is 1.58. The monoisotopic (exact) mass is 160 g/mol. The summed E-state index contributed by atoms with van der Waals surface area (Å²) in [7, 11) is 0. The molecule has 0 saturated carbocycles. The maximum atomic E-state index is 10.9. The minimum absolute atomic E-state index is 0.174. The van der Waals surface area contributed by atoms with E-state index in [1.54, 1.807) is 12.3 Å². The predicted octanol–water partition coefficient (Wildman–Crippen LogP) is 1.46. The summed E-state index contributed by atoms with van der Waals surface area (Å²) < 4.78 is 0. The van der Waals surface area contributed by atoms with Crippen LogP contribution in [0.4, 0.5) is 0 Å². The number of carbonyl (C=O) groups is 1. The topological polar surface area (TPSA) is 53.8 Å². The maximum Gasteiger partial charge on any atom is 0.179 e. The first-order chi connectivity index (χ1) is 5.65. The summed E-state index contributed by atoms with van der Waals surface area (Å²) in [5, 5.41) is 8.65. The van der Waals surface area contributed by atoms with Gasteiger partial charge in [-0.25, -0.2) is 0 Å². The summed E-state index contributed by atoms with van der Waals surface area (Å²) in [6.45, 7) is 3.23. The number of aryl methyl sites for hydroxylation is 1. The van der Waals surface area contributed by atoms with E-state index >= 15 is 0 Å². The number of pyridine rings is 1. The number of hydrogen-bond acceptors (Lipinski definition) is 3. The molecule has 0 atom stereocenters. The van der Waals surface area contributed by atoms with Crippen LogP contribution in [-0.2, 0) is 0 Å².